The Morgan fingerprint density at radius 2 is 1.79 bits per heavy atom. The highest BCUT2D eigenvalue weighted by atomic mass is 79.9. The van der Waals surface area contributed by atoms with Crippen LogP contribution in [0.15, 0.2) is 53.0 Å². The molecule has 0 aliphatic carbocycles. The molecule has 2 aromatic carbocycles. The number of rotatable bonds is 1. The summed E-state index contributed by atoms with van der Waals surface area (Å²) in [6, 6.07) is 16.5. The van der Waals surface area contributed by atoms with Crippen molar-refractivity contribution in [2.24, 2.45) is 0 Å². The summed E-state index contributed by atoms with van der Waals surface area (Å²) in [5.74, 6) is 0.260. The number of hydrogen-bond donors (Lipinski definition) is 1. The molecule has 0 saturated heterocycles. The summed E-state index contributed by atoms with van der Waals surface area (Å²) in [6.07, 6.45) is 0.513. The van der Waals surface area contributed by atoms with Crippen LogP contribution in [-0.2, 0) is 11.3 Å². The largest absolute Gasteiger partial charge is 0.352 e. The van der Waals surface area contributed by atoms with Gasteiger partial charge in [-0.05, 0) is 28.8 Å². The Labute approximate surface area is 121 Å². The maximum atomic E-state index is 11.9. The summed E-state index contributed by atoms with van der Waals surface area (Å²) >= 11 is 3.45. The van der Waals surface area contributed by atoms with Crippen LogP contribution in [-0.4, -0.2) is 5.91 Å². The second-order valence-corrected chi connectivity index (χ2v) is 5.70. The fraction of sp³-hybridized carbons (Fsp3) is 0.188. The summed E-state index contributed by atoms with van der Waals surface area (Å²) < 4.78 is 1.06. The Morgan fingerprint density at radius 3 is 2.58 bits per heavy atom. The van der Waals surface area contributed by atoms with Gasteiger partial charge >= 0.3 is 0 Å². The molecular weight excluding hydrogens is 302 g/mol. The Balaban J connectivity index is 2.07. The molecule has 1 unspecified atom stereocenters. The quantitative estimate of drug-likeness (QED) is 0.856. The van der Waals surface area contributed by atoms with Gasteiger partial charge < -0.3 is 5.32 Å². The van der Waals surface area contributed by atoms with Gasteiger partial charge in [0.1, 0.15) is 0 Å². The van der Waals surface area contributed by atoms with Gasteiger partial charge in [-0.2, -0.15) is 0 Å². The fourth-order valence-electron chi connectivity index (χ4n) is 2.59. The zero-order valence-corrected chi connectivity index (χ0v) is 12.0. The van der Waals surface area contributed by atoms with E-state index in [9.17, 15) is 4.79 Å². The number of nitrogens with one attached hydrogen (secondary N) is 1. The number of hydrogen-bond acceptors (Lipinski definition) is 1. The van der Waals surface area contributed by atoms with E-state index in [-0.39, 0.29) is 11.8 Å². The van der Waals surface area contributed by atoms with Gasteiger partial charge in [-0.25, -0.2) is 0 Å². The minimum absolute atomic E-state index is 0.115. The lowest BCUT2D eigenvalue weighted by atomic mass is 9.86. The Bertz CT molecular complexity index is 606. The first-order valence-corrected chi connectivity index (χ1v) is 7.13. The summed E-state index contributed by atoms with van der Waals surface area (Å²) in [6.45, 7) is 0.627. The lowest BCUT2D eigenvalue weighted by Gasteiger charge is -2.17. The van der Waals surface area contributed by atoms with Gasteiger partial charge in [0, 0.05) is 23.4 Å². The van der Waals surface area contributed by atoms with E-state index in [1.807, 2.05) is 24.3 Å². The molecule has 0 bridgehead atoms. The van der Waals surface area contributed by atoms with Gasteiger partial charge in [-0.1, -0.05) is 52.3 Å². The number of carbonyl (C=O) groups is 1. The molecule has 2 aromatic rings. The Morgan fingerprint density at radius 1 is 1.05 bits per heavy atom. The number of benzene rings is 2. The van der Waals surface area contributed by atoms with Crippen molar-refractivity contribution in [1.29, 1.82) is 0 Å². The maximum Gasteiger partial charge on any atom is 0.221 e. The minimum Gasteiger partial charge on any atom is -0.352 e. The lowest BCUT2D eigenvalue weighted by Crippen LogP contribution is -2.21. The Kier molecular flexibility index (Phi) is 3.38. The second kappa shape index (κ2) is 5.17. The molecule has 1 heterocycles. The van der Waals surface area contributed by atoms with E-state index in [4.69, 9.17) is 0 Å². The number of halogens is 1. The van der Waals surface area contributed by atoms with Crippen molar-refractivity contribution < 1.29 is 4.79 Å². The van der Waals surface area contributed by atoms with Crippen molar-refractivity contribution in [2.45, 2.75) is 18.9 Å². The van der Waals surface area contributed by atoms with Crippen molar-refractivity contribution in [2.75, 3.05) is 0 Å². The molecule has 0 aromatic heterocycles. The molecule has 1 amide bonds. The molecule has 0 saturated carbocycles. The third-order valence-corrected chi connectivity index (χ3v) is 4.10. The first-order valence-electron chi connectivity index (χ1n) is 6.34. The highest BCUT2D eigenvalue weighted by Gasteiger charge is 2.23. The first kappa shape index (κ1) is 12.4. The minimum atomic E-state index is 0.115. The van der Waals surface area contributed by atoms with Gasteiger partial charge in [-0.15, -0.1) is 0 Å². The molecule has 1 aliphatic heterocycles. The van der Waals surface area contributed by atoms with Gasteiger partial charge in [-0.3, -0.25) is 4.79 Å². The molecule has 3 heteroatoms. The van der Waals surface area contributed by atoms with Gasteiger partial charge in [0.25, 0.3) is 0 Å². The molecule has 19 heavy (non-hydrogen) atoms. The smallest absolute Gasteiger partial charge is 0.221 e. The molecule has 0 fully saturated rings. The zero-order chi connectivity index (χ0) is 13.2. The van der Waals surface area contributed by atoms with Gasteiger partial charge in [0.05, 0.1) is 0 Å². The van der Waals surface area contributed by atoms with Crippen molar-refractivity contribution in [3.8, 4) is 0 Å². The van der Waals surface area contributed by atoms with Crippen molar-refractivity contribution >= 4 is 21.8 Å². The van der Waals surface area contributed by atoms with Crippen LogP contribution < -0.4 is 5.32 Å². The normalized spacial score (nSPS) is 18.4. The summed E-state index contributed by atoms with van der Waals surface area (Å²) in [7, 11) is 0. The number of carbonyl (C=O) groups excluding carboxylic acids is 1. The maximum absolute atomic E-state index is 11.9. The van der Waals surface area contributed by atoms with Crippen LogP contribution in [0.25, 0.3) is 0 Å². The average Bonchev–Trinajstić information content (AvgIpc) is 2.60. The highest BCUT2D eigenvalue weighted by molar-refractivity contribution is 9.10. The van der Waals surface area contributed by atoms with Gasteiger partial charge in [0.2, 0.25) is 5.91 Å². The number of fused-ring (bicyclic) bond motifs is 1. The third kappa shape index (κ3) is 2.56. The van der Waals surface area contributed by atoms with Crippen LogP contribution in [0.5, 0.6) is 0 Å². The predicted octanol–water partition coefficient (Wildman–Crippen LogP) is 3.60. The topological polar surface area (TPSA) is 29.1 Å². The van der Waals surface area contributed by atoms with Crippen LogP contribution in [0.1, 0.15) is 29.0 Å². The van der Waals surface area contributed by atoms with Crippen LogP contribution in [0.4, 0.5) is 0 Å². The van der Waals surface area contributed by atoms with Crippen LogP contribution in [0.3, 0.4) is 0 Å². The summed E-state index contributed by atoms with van der Waals surface area (Å²) in [4.78, 5) is 11.9. The second-order valence-electron chi connectivity index (χ2n) is 4.78. The molecular formula is C16H14BrNO. The third-order valence-electron chi connectivity index (χ3n) is 3.57. The van der Waals surface area contributed by atoms with Crippen LogP contribution >= 0.6 is 15.9 Å². The standard InChI is InChI=1S/C16H14BrNO/c17-13-7-5-11(6-8-13)15-9-16(19)18-10-12-3-1-2-4-14(12)15/h1-8,15H,9-10H2,(H,18,19). The molecule has 0 spiro atoms. The molecule has 1 atom stereocenters. The fourth-order valence-corrected chi connectivity index (χ4v) is 2.85. The monoisotopic (exact) mass is 315 g/mol. The highest BCUT2D eigenvalue weighted by Crippen LogP contribution is 2.32. The molecule has 3 rings (SSSR count). The van der Waals surface area contributed by atoms with Crippen molar-refractivity contribution in [3.63, 3.8) is 0 Å². The van der Waals surface area contributed by atoms with E-state index in [0.717, 1.165) is 4.47 Å². The van der Waals surface area contributed by atoms with Crippen LogP contribution in [0, 0.1) is 0 Å². The van der Waals surface area contributed by atoms with Gasteiger partial charge in [0.15, 0.2) is 0 Å². The van der Waals surface area contributed by atoms with Crippen molar-refractivity contribution in [1.82, 2.24) is 5.32 Å². The Hall–Kier alpha value is -1.61. The molecule has 1 aliphatic rings. The summed E-state index contributed by atoms with van der Waals surface area (Å²) in [5.41, 5.74) is 3.65. The van der Waals surface area contributed by atoms with E-state index in [0.29, 0.717) is 13.0 Å². The zero-order valence-electron chi connectivity index (χ0n) is 10.4. The van der Waals surface area contributed by atoms with E-state index < -0.39 is 0 Å². The van der Waals surface area contributed by atoms with Crippen LogP contribution in [0.2, 0.25) is 0 Å². The molecule has 1 N–H and O–H groups in total. The van der Waals surface area contributed by atoms with Crippen molar-refractivity contribution in [3.05, 3.63) is 69.7 Å². The number of amides is 1. The predicted molar refractivity (Wildman–Crippen MR) is 78.9 cm³/mol. The van der Waals surface area contributed by atoms with E-state index >= 15 is 0 Å². The molecule has 0 radical (unpaired) electrons. The average molecular weight is 316 g/mol. The van der Waals surface area contributed by atoms with E-state index in [2.05, 4.69) is 45.5 Å². The van der Waals surface area contributed by atoms with E-state index in [1.54, 1.807) is 0 Å². The summed E-state index contributed by atoms with van der Waals surface area (Å²) in [5, 5.41) is 2.96. The SMILES string of the molecule is O=C1CC(c2ccc(Br)cc2)c2ccccc2CN1. The van der Waals surface area contributed by atoms with E-state index in [1.165, 1.54) is 16.7 Å². The first-order chi connectivity index (χ1) is 9.24. The molecule has 96 valence electrons. The lowest BCUT2D eigenvalue weighted by molar-refractivity contribution is -0.121. The molecule has 2 nitrogen and oxygen atoms in total.